The molecular formula is C13H30N2O2S. The molecule has 0 rings (SSSR count). The highest BCUT2D eigenvalue weighted by Crippen LogP contribution is 2.12. The lowest BCUT2D eigenvalue weighted by Crippen LogP contribution is -2.44. The van der Waals surface area contributed by atoms with Gasteiger partial charge in [0.15, 0.2) is 0 Å². The molecule has 0 aliphatic heterocycles. The molecule has 4 nitrogen and oxygen atoms in total. The summed E-state index contributed by atoms with van der Waals surface area (Å²) >= 11 is 0. The minimum Gasteiger partial charge on any atom is -0.317 e. The van der Waals surface area contributed by atoms with Gasteiger partial charge in [0, 0.05) is 5.54 Å². The van der Waals surface area contributed by atoms with E-state index in [-0.39, 0.29) is 11.3 Å². The van der Waals surface area contributed by atoms with Crippen LogP contribution in [0.25, 0.3) is 0 Å². The minimum absolute atomic E-state index is 0.230. The van der Waals surface area contributed by atoms with Gasteiger partial charge in [-0.3, -0.25) is 0 Å². The van der Waals surface area contributed by atoms with Crippen LogP contribution in [0.4, 0.5) is 0 Å². The highest BCUT2D eigenvalue weighted by molar-refractivity contribution is 7.89. The van der Waals surface area contributed by atoms with Crippen LogP contribution in [0, 0.1) is 0 Å². The fourth-order valence-electron chi connectivity index (χ4n) is 1.99. The van der Waals surface area contributed by atoms with Crippen molar-refractivity contribution in [2.75, 3.05) is 18.8 Å². The van der Waals surface area contributed by atoms with E-state index in [0.29, 0.717) is 6.42 Å². The maximum atomic E-state index is 11.9. The molecule has 0 radical (unpaired) electrons. The van der Waals surface area contributed by atoms with Crippen molar-refractivity contribution in [3.05, 3.63) is 0 Å². The SMILES string of the molecule is CCCNCCCCS(=O)(=O)NC(C)(C)CCC. The van der Waals surface area contributed by atoms with E-state index < -0.39 is 10.0 Å². The molecule has 0 aromatic rings. The van der Waals surface area contributed by atoms with Gasteiger partial charge in [-0.1, -0.05) is 20.3 Å². The van der Waals surface area contributed by atoms with Crippen molar-refractivity contribution in [2.24, 2.45) is 0 Å². The van der Waals surface area contributed by atoms with Gasteiger partial charge in [0.1, 0.15) is 0 Å². The zero-order valence-corrected chi connectivity index (χ0v) is 13.2. The molecule has 110 valence electrons. The Morgan fingerprint density at radius 3 is 2.22 bits per heavy atom. The Hall–Kier alpha value is -0.130. The average Bonchev–Trinajstić information content (AvgIpc) is 2.21. The van der Waals surface area contributed by atoms with E-state index in [9.17, 15) is 8.42 Å². The Morgan fingerprint density at radius 2 is 1.67 bits per heavy atom. The van der Waals surface area contributed by atoms with Crippen LogP contribution >= 0.6 is 0 Å². The second-order valence-corrected chi connectivity index (χ2v) is 7.35. The van der Waals surface area contributed by atoms with Crippen molar-refractivity contribution in [2.45, 2.75) is 65.3 Å². The Balaban J connectivity index is 3.87. The Labute approximate surface area is 113 Å². The highest BCUT2D eigenvalue weighted by Gasteiger charge is 2.23. The zero-order chi connectivity index (χ0) is 14.1. The van der Waals surface area contributed by atoms with Crippen LogP contribution in [0.2, 0.25) is 0 Å². The molecule has 0 aliphatic rings. The molecule has 0 fully saturated rings. The topological polar surface area (TPSA) is 58.2 Å². The summed E-state index contributed by atoms with van der Waals surface area (Å²) in [5.74, 6) is 0.230. The Kier molecular flexibility index (Phi) is 8.82. The van der Waals surface area contributed by atoms with Gasteiger partial charge in [0.05, 0.1) is 5.75 Å². The third-order valence-electron chi connectivity index (χ3n) is 2.75. The molecule has 0 unspecified atom stereocenters. The fourth-order valence-corrected chi connectivity index (χ4v) is 3.62. The summed E-state index contributed by atoms with van der Waals surface area (Å²) in [6.45, 7) is 9.98. The van der Waals surface area contributed by atoms with Crippen molar-refractivity contribution < 1.29 is 8.42 Å². The zero-order valence-electron chi connectivity index (χ0n) is 12.4. The first-order valence-electron chi connectivity index (χ1n) is 7.05. The van der Waals surface area contributed by atoms with Crippen molar-refractivity contribution in [1.29, 1.82) is 0 Å². The number of rotatable bonds is 11. The number of hydrogen-bond donors (Lipinski definition) is 2. The monoisotopic (exact) mass is 278 g/mol. The number of nitrogens with one attached hydrogen (secondary N) is 2. The quantitative estimate of drug-likeness (QED) is 0.570. The van der Waals surface area contributed by atoms with Crippen LogP contribution in [-0.4, -0.2) is 32.8 Å². The van der Waals surface area contributed by atoms with E-state index in [4.69, 9.17) is 0 Å². The molecule has 0 saturated carbocycles. The highest BCUT2D eigenvalue weighted by atomic mass is 32.2. The first-order chi connectivity index (χ1) is 8.33. The lowest BCUT2D eigenvalue weighted by atomic mass is 10.0. The predicted molar refractivity (Wildman–Crippen MR) is 78.3 cm³/mol. The summed E-state index contributed by atoms with van der Waals surface area (Å²) < 4.78 is 26.5. The van der Waals surface area contributed by atoms with Crippen LogP contribution in [0.1, 0.15) is 59.8 Å². The standard InChI is InChI=1S/C13H30N2O2S/c1-5-9-13(3,4)15-18(16,17)12-8-7-11-14-10-6-2/h14-15H,5-12H2,1-4H3. The van der Waals surface area contributed by atoms with Crippen molar-refractivity contribution >= 4 is 10.0 Å². The molecule has 18 heavy (non-hydrogen) atoms. The molecule has 0 aliphatic carbocycles. The summed E-state index contributed by atoms with van der Waals surface area (Å²) in [4.78, 5) is 0. The van der Waals surface area contributed by atoms with Crippen LogP contribution in [0.3, 0.4) is 0 Å². The molecule has 0 bridgehead atoms. The predicted octanol–water partition coefficient (Wildman–Crippen LogP) is 2.26. The second kappa shape index (κ2) is 8.88. The minimum atomic E-state index is -3.13. The van der Waals surface area contributed by atoms with E-state index >= 15 is 0 Å². The smallest absolute Gasteiger partial charge is 0.212 e. The molecular weight excluding hydrogens is 248 g/mol. The van der Waals surface area contributed by atoms with E-state index in [2.05, 4.69) is 23.9 Å². The Morgan fingerprint density at radius 1 is 1.00 bits per heavy atom. The summed E-state index contributed by atoms with van der Waals surface area (Å²) in [5.41, 5.74) is -0.325. The van der Waals surface area contributed by atoms with Crippen LogP contribution < -0.4 is 10.0 Å². The molecule has 0 spiro atoms. The lowest BCUT2D eigenvalue weighted by molar-refractivity contribution is 0.417. The van der Waals surface area contributed by atoms with Crippen LogP contribution in [0.15, 0.2) is 0 Å². The van der Waals surface area contributed by atoms with Crippen molar-refractivity contribution in [3.8, 4) is 0 Å². The molecule has 0 amide bonds. The van der Waals surface area contributed by atoms with Gasteiger partial charge < -0.3 is 5.32 Å². The van der Waals surface area contributed by atoms with Gasteiger partial charge in [-0.2, -0.15) is 0 Å². The summed E-state index contributed by atoms with van der Waals surface area (Å²) in [6, 6.07) is 0. The Bertz CT molecular complexity index is 300. The molecule has 0 aromatic heterocycles. The van der Waals surface area contributed by atoms with Gasteiger partial charge in [0.25, 0.3) is 0 Å². The van der Waals surface area contributed by atoms with Gasteiger partial charge in [-0.05, 0) is 52.6 Å². The average molecular weight is 278 g/mol. The third kappa shape index (κ3) is 9.85. The largest absolute Gasteiger partial charge is 0.317 e. The summed E-state index contributed by atoms with van der Waals surface area (Å²) in [7, 11) is -3.13. The van der Waals surface area contributed by atoms with Crippen LogP contribution in [-0.2, 0) is 10.0 Å². The van der Waals surface area contributed by atoms with E-state index in [1.165, 1.54) is 0 Å². The molecule has 0 saturated heterocycles. The fraction of sp³-hybridized carbons (Fsp3) is 1.00. The molecule has 0 atom stereocenters. The molecule has 0 heterocycles. The van der Waals surface area contributed by atoms with Crippen molar-refractivity contribution in [1.82, 2.24) is 10.0 Å². The van der Waals surface area contributed by atoms with E-state index in [1.807, 2.05) is 13.8 Å². The van der Waals surface area contributed by atoms with E-state index in [1.54, 1.807) is 0 Å². The maximum absolute atomic E-state index is 11.9. The molecule has 5 heteroatoms. The molecule has 0 aromatic carbocycles. The van der Waals surface area contributed by atoms with Gasteiger partial charge in [-0.25, -0.2) is 13.1 Å². The lowest BCUT2D eigenvalue weighted by Gasteiger charge is -2.25. The normalized spacial score (nSPS) is 12.9. The number of sulfonamides is 1. The van der Waals surface area contributed by atoms with Gasteiger partial charge >= 0.3 is 0 Å². The number of hydrogen-bond acceptors (Lipinski definition) is 3. The summed E-state index contributed by atoms with van der Waals surface area (Å²) in [6.07, 6.45) is 4.59. The summed E-state index contributed by atoms with van der Waals surface area (Å²) in [5, 5.41) is 3.27. The molecule has 2 N–H and O–H groups in total. The second-order valence-electron chi connectivity index (χ2n) is 5.51. The maximum Gasteiger partial charge on any atom is 0.212 e. The third-order valence-corrected chi connectivity index (χ3v) is 4.44. The first kappa shape index (κ1) is 17.9. The van der Waals surface area contributed by atoms with E-state index in [0.717, 1.165) is 38.8 Å². The number of unbranched alkanes of at least 4 members (excludes halogenated alkanes) is 1. The van der Waals surface area contributed by atoms with Gasteiger partial charge in [0.2, 0.25) is 10.0 Å². The van der Waals surface area contributed by atoms with Gasteiger partial charge in [-0.15, -0.1) is 0 Å². The van der Waals surface area contributed by atoms with Crippen LogP contribution in [0.5, 0.6) is 0 Å². The van der Waals surface area contributed by atoms with Crippen molar-refractivity contribution in [3.63, 3.8) is 0 Å². The first-order valence-corrected chi connectivity index (χ1v) is 8.70.